The summed E-state index contributed by atoms with van der Waals surface area (Å²) in [5.41, 5.74) is 6.47. The molecule has 2 saturated heterocycles. The van der Waals surface area contributed by atoms with E-state index in [0.717, 1.165) is 35.9 Å². The summed E-state index contributed by atoms with van der Waals surface area (Å²) in [4.78, 5) is 42.1. The Balaban J connectivity index is 1.14. The van der Waals surface area contributed by atoms with Crippen molar-refractivity contribution >= 4 is 45.6 Å². The zero-order valence-electron chi connectivity index (χ0n) is 44.4. The van der Waals surface area contributed by atoms with Gasteiger partial charge in [-0.1, -0.05) is 30.3 Å². The first-order valence-corrected chi connectivity index (χ1v) is 16.7. The fraction of sp³-hybridized carbons (Fsp3) is 0.238. The standard InChI is InChI=1S/C42H38N8O5/c43-42-47-38-37(45-24-46-38)40(48-42)54-23-26-7-5-25(6-8-26)22-44-39(51)27-9-12-30(41(52)53)33(19-27)36-31-13-10-28(49-15-1-2-16-49)20-34(31)55-35-21-29(11-14-32(35)36)50-17-3-4-18-50/h5-14,19-21,24H,1-4,15-18,22-23H2,(H4-,43,44,45,46,47,48,51,52,53)/i1D2,2D2,3D2,4D2,15D2,16D2,17D2,18D2. The zero-order chi connectivity index (χ0) is 51.8. The van der Waals surface area contributed by atoms with Gasteiger partial charge in [-0.15, -0.1) is 0 Å². The maximum Gasteiger partial charge on any atom is 0.251 e. The van der Waals surface area contributed by atoms with E-state index in [0.29, 0.717) is 16.7 Å². The van der Waals surface area contributed by atoms with E-state index in [1.54, 1.807) is 24.3 Å². The number of H-pyrrole nitrogens is 1. The molecule has 0 radical (unpaired) electrons. The third-order valence-electron chi connectivity index (χ3n) is 8.89. The third-order valence-corrected chi connectivity index (χ3v) is 8.89. The molecule has 2 fully saturated rings. The second-order valence-electron chi connectivity index (χ2n) is 12.3. The van der Waals surface area contributed by atoms with Crippen molar-refractivity contribution in [1.29, 1.82) is 0 Å². The number of hydrogen-bond acceptors (Lipinski definition) is 10. The molecule has 0 atom stereocenters. The minimum absolute atomic E-state index is 0.00293. The number of imidazole rings is 1. The number of fused-ring (bicyclic) bond motifs is 3. The number of carbonyl (C=O) groups excluding carboxylic acids is 2. The molecule has 0 unspecified atom stereocenters. The molecule has 0 saturated carbocycles. The summed E-state index contributed by atoms with van der Waals surface area (Å²) in [7, 11) is 0. The number of carboxylic acids is 1. The van der Waals surface area contributed by atoms with Crippen LogP contribution < -0.4 is 35.7 Å². The molecule has 3 aromatic carbocycles. The van der Waals surface area contributed by atoms with Gasteiger partial charge in [0.15, 0.2) is 5.65 Å². The van der Waals surface area contributed by atoms with Crippen LogP contribution in [-0.2, 0) is 13.2 Å². The van der Waals surface area contributed by atoms with Crippen molar-refractivity contribution in [1.82, 2.24) is 29.8 Å². The van der Waals surface area contributed by atoms with Gasteiger partial charge in [0.05, 0.1) is 18.4 Å². The van der Waals surface area contributed by atoms with Gasteiger partial charge < -0.3 is 40.0 Å². The molecule has 13 nitrogen and oxygen atoms in total. The number of hydrogen-bond donors (Lipinski definition) is 3. The predicted octanol–water partition coefficient (Wildman–Crippen LogP) is 4.49. The number of benzene rings is 4. The number of nitrogen functional groups attached to an aromatic ring is 1. The number of ether oxygens (including phenoxy) is 1. The topological polar surface area (TPSA) is 178 Å². The van der Waals surface area contributed by atoms with Crippen LogP contribution in [-0.4, -0.2) is 57.8 Å². The molecule has 0 spiro atoms. The highest BCUT2D eigenvalue weighted by Crippen LogP contribution is 2.42. The van der Waals surface area contributed by atoms with Crippen LogP contribution in [0, 0.1) is 0 Å². The quantitative estimate of drug-likeness (QED) is 0.141. The van der Waals surface area contributed by atoms with E-state index in [1.807, 2.05) is 0 Å². The Morgan fingerprint density at radius 3 is 2.55 bits per heavy atom. The molecule has 2 aromatic heterocycles. The fourth-order valence-corrected chi connectivity index (χ4v) is 6.27. The number of nitrogens with zero attached hydrogens (tertiary/aromatic N) is 5. The summed E-state index contributed by atoms with van der Waals surface area (Å²) in [6.45, 7) is -13.3. The number of nitrogens with two attached hydrogens (primary N) is 1. The zero-order valence-corrected chi connectivity index (χ0v) is 28.4. The largest absolute Gasteiger partial charge is 0.545 e. The van der Waals surface area contributed by atoms with Crippen molar-refractivity contribution in [2.75, 3.05) is 36.6 Å². The lowest BCUT2D eigenvalue weighted by molar-refractivity contribution is -0.254. The van der Waals surface area contributed by atoms with Crippen LogP contribution >= 0.6 is 0 Å². The van der Waals surface area contributed by atoms with Crippen LogP contribution in [0.1, 0.15) is 79.3 Å². The monoisotopic (exact) mass is 750 g/mol. The molecule has 5 heterocycles. The highest BCUT2D eigenvalue weighted by Gasteiger charge is 2.24. The Hall–Kier alpha value is -6.76. The average molecular weight is 751 g/mol. The summed E-state index contributed by atoms with van der Waals surface area (Å²) in [5, 5.41) is 15.2. The lowest BCUT2D eigenvalue weighted by Crippen LogP contribution is -2.27. The maximum atomic E-state index is 13.9. The van der Waals surface area contributed by atoms with Crippen molar-refractivity contribution in [3.63, 3.8) is 0 Å². The highest BCUT2D eigenvalue weighted by atomic mass is 16.5. The molecule has 4 aliphatic rings. The van der Waals surface area contributed by atoms with Crippen molar-refractivity contribution < 1.29 is 45.8 Å². The Morgan fingerprint density at radius 2 is 1.75 bits per heavy atom. The van der Waals surface area contributed by atoms with Crippen LogP contribution in [0.5, 0.6) is 5.88 Å². The van der Waals surface area contributed by atoms with Gasteiger partial charge in [-0.3, -0.25) is 4.79 Å². The Morgan fingerprint density at radius 1 is 0.945 bits per heavy atom. The van der Waals surface area contributed by atoms with Gasteiger partial charge >= 0.3 is 0 Å². The first-order valence-electron chi connectivity index (χ1n) is 24.7. The van der Waals surface area contributed by atoms with Crippen molar-refractivity contribution in [3.8, 4) is 28.3 Å². The molecular formula is C42H38N8O5. The summed E-state index contributed by atoms with van der Waals surface area (Å²) < 4.78 is 148. The molecule has 5 aromatic rings. The molecule has 0 bridgehead atoms. The Kier molecular flexibility index (Phi) is 5.34. The number of anilines is 2. The van der Waals surface area contributed by atoms with Crippen molar-refractivity contribution in [3.05, 3.63) is 113 Å². The van der Waals surface area contributed by atoms with Gasteiger partial charge in [0.2, 0.25) is 17.2 Å². The van der Waals surface area contributed by atoms with E-state index in [4.69, 9.17) is 36.8 Å². The minimum atomic E-state index is -3.44. The van der Waals surface area contributed by atoms with Gasteiger partial charge in [-0.05, 0) is 59.8 Å². The lowest BCUT2D eigenvalue weighted by atomic mass is 9.89. The molecule has 1 aliphatic carbocycles. The first-order chi connectivity index (χ1) is 32.9. The van der Waals surface area contributed by atoms with Gasteiger partial charge in [0, 0.05) is 94.2 Å². The van der Waals surface area contributed by atoms with Crippen molar-refractivity contribution in [2.45, 2.75) is 38.6 Å². The second kappa shape index (κ2) is 14.2. The van der Waals surface area contributed by atoms with E-state index >= 15 is 0 Å². The fourth-order valence-electron chi connectivity index (χ4n) is 6.27. The highest BCUT2D eigenvalue weighted by molar-refractivity contribution is 6.09. The van der Waals surface area contributed by atoms with Gasteiger partial charge in [-0.2, -0.15) is 9.97 Å². The van der Waals surface area contributed by atoms with Crippen LogP contribution in [0.2, 0.25) is 0 Å². The minimum Gasteiger partial charge on any atom is -0.545 e. The maximum absolute atomic E-state index is 13.9. The Bertz CT molecular complexity index is 3350. The SMILES string of the molecule is [2H]C1([2H])N(c2ccc3c(-c4cc(C(=O)NCc5ccc(COc6nc(N)nc7nc[nH]c67)cc5)ccc4C(=O)[O-])c4ccc(=[N+]5C([2H])([2H])C([2H])([2H])C([2H])([2H])C5([2H])[2H])cc-4oc3c2)C([2H])([2H])C([2H])([2H])C1([2H])[2H]. The molecule has 13 heteroatoms. The van der Waals surface area contributed by atoms with Crippen LogP contribution in [0.3, 0.4) is 0 Å². The van der Waals surface area contributed by atoms with E-state index < -0.39 is 80.0 Å². The molecule has 55 heavy (non-hydrogen) atoms. The number of aromatic nitrogens is 4. The number of aromatic carboxylic acids is 1. The number of carboxylic acid groups (broad SMARTS) is 1. The average Bonchev–Trinajstić information content (AvgIpc) is 3.81. The molecule has 9 rings (SSSR count). The summed E-state index contributed by atoms with van der Waals surface area (Å²) in [6, 6.07) is 17.4. The number of amides is 1. The van der Waals surface area contributed by atoms with Crippen LogP contribution in [0.15, 0.2) is 89.6 Å². The summed E-state index contributed by atoms with van der Waals surface area (Å²) in [5.74, 6) is -2.52. The number of carbonyl (C=O) groups is 2. The number of rotatable bonds is 9. The van der Waals surface area contributed by atoms with E-state index in [9.17, 15) is 14.7 Å². The first kappa shape index (κ1) is 20.6. The number of nitrogens with one attached hydrogen (secondary N) is 2. The molecular weight excluding hydrogens is 697 g/mol. The Labute approximate surface area is 338 Å². The second-order valence-corrected chi connectivity index (χ2v) is 12.3. The molecule has 1 amide bonds. The molecule has 3 aliphatic heterocycles. The molecule has 4 N–H and O–H groups in total. The van der Waals surface area contributed by atoms with Gasteiger partial charge in [0.1, 0.15) is 41.9 Å². The van der Waals surface area contributed by atoms with Crippen LogP contribution in [0.4, 0.5) is 11.6 Å². The summed E-state index contributed by atoms with van der Waals surface area (Å²) >= 11 is 0. The van der Waals surface area contributed by atoms with E-state index in [2.05, 4.69) is 25.3 Å². The number of aromatic amines is 1. The van der Waals surface area contributed by atoms with Gasteiger partial charge in [-0.25, -0.2) is 9.56 Å². The molecule has 276 valence electrons. The smallest absolute Gasteiger partial charge is 0.251 e. The van der Waals surface area contributed by atoms with Crippen molar-refractivity contribution in [2.24, 2.45) is 0 Å². The van der Waals surface area contributed by atoms with Gasteiger partial charge in [0.25, 0.3) is 5.91 Å². The third kappa shape index (κ3) is 6.69. The lowest BCUT2D eigenvalue weighted by Gasteiger charge is -2.21. The summed E-state index contributed by atoms with van der Waals surface area (Å²) in [6.07, 6.45) is -12.3. The normalized spacial score (nSPS) is 26.0. The van der Waals surface area contributed by atoms with Crippen LogP contribution in [0.25, 0.3) is 44.6 Å². The van der Waals surface area contributed by atoms with E-state index in [1.165, 1.54) is 30.6 Å². The van der Waals surface area contributed by atoms with E-state index in [-0.39, 0.29) is 73.4 Å². The predicted molar refractivity (Wildman–Crippen MR) is 206 cm³/mol.